The molecule has 0 unspecified atom stereocenters. The Kier molecular flexibility index (Phi) is 7.50. The number of anilines is 1. The number of nitro groups is 1. The van der Waals surface area contributed by atoms with E-state index in [1.54, 1.807) is 25.1 Å². The predicted molar refractivity (Wildman–Crippen MR) is 112 cm³/mol. The summed E-state index contributed by atoms with van der Waals surface area (Å²) in [5, 5.41) is 16.4. The normalized spacial score (nSPS) is 11.2. The molecular weight excluding hydrogens is 481 g/mol. The van der Waals surface area contributed by atoms with Crippen LogP contribution in [0.15, 0.2) is 51.9 Å². The Balaban J connectivity index is 1.65. The summed E-state index contributed by atoms with van der Waals surface area (Å²) in [6.07, 6.45) is -4.96. The number of nitrogens with zero attached hydrogens (tertiary/aromatic N) is 3. The summed E-state index contributed by atoms with van der Waals surface area (Å²) in [5.41, 5.74) is -2.77. The molecule has 1 heterocycles. The lowest BCUT2D eigenvalue weighted by Gasteiger charge is -2.14. The predicted octanol–water partition coefficient (Wildman–Crippen LogP) is 4.39. The molecule has 0 atom stereocenters. The second-order valence-electron chi connectivity index (χ2n) is 6.63. The Morgan fingerprint density at radius 2 is 1.97 bits per heavy atom. The lowest BCUT2D eigenvalue weighted by atomic mass is 10.1. The number of thioether (sulfide) groups is 1. The van der Waals surface area contributed by atoms with Gasteiger partial charge in [-0.25, -0.2) is 4.79 Å². The van der Waals surface area contributed by atoms with Crippen molar-refractivity contribution >= 4 is 35.0 Å². The van der Waals surface area contributed by atoms with E-state index in [1.807, 2.05) is 5.32 Å². The third kappa shape index (κ3) is 6.31. The average molecular weight is 496 g/mol. The number of benzene rings is 2. The molecule has 34 heavy (non-hydrogen) atoms. The van der Waals surface area contributed by atoms with Crippen molar-refractivity contribution in [1.29, 1.82) is 0 Å². The highest BCUT2D eigenvalue weighted by molar-refractivity contribution is 7.98. The van der Waals surface area contributed by atoms with E-state index in [0.29, 0.717) is 22.7 Å². The molecule has 0 aliphatic heterocycles. The average Bonchev–Trinajstić information content (AvgIpc) is 3.20. The molecule has 2 aromatic carbocycles. The molecule has 0 radical (unpaired) electrons. The van der Waals surface area contributed by atoms with Gasteiger partial charge in [0.05, 0.1) is 27.5 Å². The summed E-state index contributed by atoms with van der Waals surface area (Å²) in [7, 11) is 0. The largest absolute Gasteiger partial charge is 0.452 e. The van der Waals surface area contributed by atoms with Crippen LogP contribution >= 0.6 is 11.8 Å². The maximum absolute atomic E-state index is 13.2. The van der Waals surface area contributed by atoms with Gasteiger partial charge in [-0.05, 0) is 25.1 Å². The molecule has 14 heteroatoms. The fourth-order valence-electron chi connectivity index (χ4n) is 2.68. The molecule has 1 amide bonds. The first-order chi connectivity index (χ1) is 16.0. The van der Waals surface area contributed by atoms with Crippen LogP contribution in [0.3, 0.4) is 0 Å². The number of rotatable bonds is 8. The van der Waals surface area contributed by atoms with E-state index in [1.165, 1.54) is 17.8 Å². The van der Waals surface area contributed by atoms with Gasteiger partial charge in [0.1, 0.15) is 0 Å². The summed E-state index contributed by atoms with van der Waals surface area (Å²) in [4.78, 5) is 38.9. The summed E-state index contributed by atoms with van der Waals surface area (Å²) >= 11 is 1.21. The third-order valence-corrected chi connectivity index (χ3v) is 5.21. The van der Waals surface area contributed by atoms with Gasteiger partial charge in [0.2, 0.25) is 5.89 Å². The van der Waals surface area contributed by atoms with Crippen molar-refractivity contribution in [1.82, 2.24) is 10.1 Å². The molecule has 0 spiro atoms. The van der Waals surface area contributed by atoms with Gasteiger partial charge in [0, 0.05) is 17.0 Å². The number of aryl methyl sites for hydroxylation is 1. The fourth-order valence-corrected chi connectivity index (χ4v) is 3.56. The number of esters is 1. The zero-order valence-electron chi connectivity index (χ0n) is 17.3. The minimum absolute atomic E-state index is 0.128. The molecule has 0 aliphatic rings. The SMILES string of the molecule is Cc1noc(CSc2ccccc2C(=O)OCC(=O)Nc2ccc([N+](=O)[O-])cc2C(F)(F)F)n1. The van der Waals surface area contributed by atoms with E-state index >= 15 is 0 Å². The molecule has 0 saturated carbocycles. The number of nitrogens with one attached hydrogen (secondary N) is 1. The van der Waals surface area contributed by atoms with Crippen molar-refractivity contribution in [2.24, 2.45) is 0 Å². The van der Waals surface area contributed by atoms with Gasteiger partial charge in [-0.15, -0.1) is 11.8 Å². The first kappa shape index (κ1) is 24.7. The number of amides is 1. The number of halogens is 3. The van der Waals surface area contributed by atoms with Gasteiger partial charge >= 0.3 is 12.1 Å². The highest BCUT2D eigenvalue weighted by Gasteiger charge is 2.35. The number of ether oxygens (including phenoxy) is 1. The Morgan fingerprint density at radius 3 is 2.62 bits per heavy atom. The van der Waals surface area contributed by atoms with E-state index in [9.17, 15) is 32.9 Å². The van der Waals surface area contributed by atoms with Crippen molar-refractivity contribution < 1.29 is 36.9 Å². The van der Waals surface area contributed by atoms with Crippen molar-refractivity contribution in [2.75, 3.05) is 11.9 Å². The van der Waals surface area contributed by atoms with Crippen LogP contribution in [-0.4, -0.2) is 33.5 Å². The second kappa shape index (κ2) is 10.3. The number of hydrogen-bond donors (Lipinski definition) is 1. The number of carbonyl (C=O) groups excluding carboxylic acids is 2. The molecule has 0 aliphatic carbocycles. The molecule has 178 valence electrons. The Labute approximate surface area is 193 Å². The number of aromatic nitrogens is 2. The summed E-state index contributed by atoms with van der Waals surface area (Å²) in [6, 6.07) is 8.22. The van der Waals surface area contributed by atoms with Crippen LogP contribution in [0, 0.1) is 17.0 Å². The molecule has 3 aromatic rings. The summed E-state index contributed by atoms with van der Waals surface area (Å²) in [6.45, 7) is 0.775. The zero-order chi connectivity index (χ0) is 24.9. The van der Waals surface area contributed by atoms with E-state index in [4.69, 9.17) is 9.26 Å². The maximum Gasteiger partial charge on any atom is 0.418 e. The summed E-state index contributed by atoms with van der Waals surface area (Å²) in [5.74, 6) is -0.866. The molecular formula is C20H15F3N4O6S. The van der Waals surface area contributed by atoms with Crippen LogP contribution in [-0.2, 0) is 21.5 Å². The van der Waals surface area contributed by atoms with Gasteiger partial charge in [-0.1, -0.05) is 17.3 Å². The van der Waals surface area contributed by atoms with E-state index in [2.05, 4.69) is 10.1 Å². The lowest BCUT2D eigenvalue weighted by Crippen LogP contribution is -2.23. The molecule has 10 nitrogen and oxygen atoms in total. The molecule has 1 aromatic heterocycles. The fraction of sp³-hybridized carbons (Fsp3) is 0.200. The van der Waals surface area contributed by atoms with Crippen molar-refractivity contribution in [3.8, 4) is 0 Å². The number of non-ortho nitro benzene ring substituents is 1. The minimum Gasteiger partial charge on any atom is -0.452 e. The van der Waals surface area contributed by atoms with Crippen LogP contribution < -0.4 is 5.32 Å². The molecule has 0 bridgehead atoms. The van der Waals surface area contributed by atoms with Crippen molar-refractivity contribution in [2.45, 2.75) is 23.7 Å². The van der Waals surface area contributed by atoms with Crippen LogP contribution in [0.25, 0.3) is 0 Å². The highest BCUT2D eigenvalue weighted by atomic mass is 32.2. The van der Waals surface area contributed by atoms with Gasteiger partial charge in [-0.3, -0.25) is 14.9 Å². The molecule has 1 N–H and O–H groups in total. The Hall–Kier alpha value is -3.94. The third-order valence-electron chi connectivity index (χ3n) is 4.16. The smallest absolute Gasteiger partial charge is 0.418 e. The number of carbonyl (C=O) groups is 2. The van der Waals surface area contributed by atoms with Crippen LogP contribution in [0.5, 0.6) is 0 Å². The van der Waals surface area contributed by atoms with E-state index in [0.717, 1.165) is 12.1 Å². The minimum atomic E-state index is -4.96. The van der Waals surface area contributed by atoms with Gasteiger partial charge in [0.15, 0.2) is 12.4 Å². The molecule has 0 saturated heterocycles. The van der Waals surface area contributed by atoms with Gasteiger partial charge < -0.3 is 14.6 Å². The number of hydrogen-bond acceptors (Lipinski definition) is 9. The first-order valence-electron chi connectivity index (χ1n) is 9.38. The summed E-state index contributed by atoms with van der Waals surface area (Å²) < 4.78 is 49.7. The zero-order valence-corrected chi connectivity index (χ0v) is 18.1. The van der Waals surface area contributed by atoms with Gasteiger partial charge in [-0.2, -0.15) is 18.2 Å². The number of alkyl halides is 3. The van der Waals surface area contributed by atoms with Crippen LogP contribution in [0.4, 0.5) is 24.5 Å². The highest BCUT2D eigenvalue weighted by Crippen LogP contribution is 2.37. The molecule has 3 rings (SSSR count). The lowest BCUT2D eigenvalue weighted by molar-refractivity contribution is -0.385. The van der Waals surface area contributed by atoms with Gasteiger partial charge in [0.25, 0.3) is 11.6 Å². The van der Waals surface area contributed by atoms with Crippen LogP contribution in [0.1, 0.15) is 27.6 Å². The van der Waals surface area contributed by atoms with E-state index < -0.39 is 46.5 Å². The van der Waals surface area contributed by atoms with Crippen LogP contribution in [0.2, 0.25) is 0 Å². The molecule has 0 fully saturated rings. The topological polar surface area (TPSA) is 137 Å². The van der Waals surface area contributed by atoms with Crippen molar-refractivity contribution in [3.05, 3.63) is 75.4 Å². The Morgan fingerprint density at radius 1 is 1.24 bits per heavy atom. The van der Waals surface area contributed by atoms with Crippen molar-refractivity contribution in [3.63, 3.8) is 0 Å². The quantitative estimate of drug-likeness (QED) is 0.208. The number of nitro benzene ring substituents is 1. The Bertz CT molecular complexity index is 1230. The monoisotopic (exact) mass is 496 g/mol. The van der Waals surface area contributed by atoms with E-state index in [-0.39, 0.29) is 11.3 Å². The second-order valence-corrected chi connectivity index (χ2v) is 7.65. The first-order valence-corrected chi connectivity index (χ1v) is 10.4. The standard InChI is InChI=1S/C20H15F3N4O6S/c1-11-24-18(33-26-11)10-34-16-5-3-2-4-13(16)19(29)32-9-17(28)25-15-7-6-12(27(30)31)8-14(15)20(21,22)23/h2-8H,9-10H2,1H3,(H,25,28). The maximum atomic E-state index is 13.2.